The number of nitrogens with zero attached hydrogens (tertiary/aromatic N) is 1. The summed E-state index contributed by atoms with van der Waals surface area (Å²) in [4.78, 5) is 11.7. The summed E-state index contributed by atoms with van der Waals surface area (Å²) in [6.45, 7) is 4.13. The summed E-state index contributed by atoms with van der Waals surface area (Å²) >= 11 is 11.7. The Balaban J connectivity index is 1.80. The predicted octanol–water partition coefficient (Wildman–Crippen LogP) is 4.65. The second-order valence-electron chi connectivity index (χ2n) is 5.48. The largest absolute Gasteiger partial charge is 0.484 e. The predicted molar refractivity (Wildman–Crippen MR) is 98.2 cm³/mol. The van der Waals surface area contributed by atoms with E-state index in [-0.39, 0.29) is 12.5 Å². The molecule has 0 heterocycles. The Hall–Kier alpha value is -2.04. The minimum atomic E-state index is -0.348. The monoisotopic (exact) mass is 364 g/mol. The van der Waals surface area contributed by atoms with Crippen LogP contribution in [0.2, 0.25) is 10.0 Å². The molecule has 24 heavy (non-hydrogen) atoms. The zero-order valence-corrected chi connectivity index (χ0v) is 14.9. The van der Waals surface area contributed by atoms with E-state index in [2.05, 4.69) is 24.4 Å². The zero-order chi connectivity index (χ0) is 17.5. The Kier molecular flexibility index (Phi) is 6.64. The number of benzene rings is 2. The third-order valence-corrected chi connectivity index (χ3v) is 4.00. The molecule has 0 spiro atoms. The van der Waals surface area contributed by atoms with Crippen molar-refractivity contribution in [3.8, 4) is 5.75 Å². The molecule has 0 atom stereocenters. The van der Waals surface area contributed by atoms with Crippen LogP contribution in [0.25, 0.3) is 0 Å². The normalized spacial score (nSPS) is 11.0. The SMILES string of the molecule is CC(C)c1ccc(OCC(=O)NN=Cc2ccc(Cl)c(Cl)c2)cc1. The number of ether oxygens (including phenoxy) is 1. The number of rotatable bonds is 6. The van der Waals surface area contributed by atoms with E-state index in [0.717, 1.165) is 5.56 Å². The van der Waals surface area contributed by atoms with Crippen LogP contribution in [0.1, 0.15) is 30.9 Å². The Bertz CT molecular complexity index is 728. The minimum absolute atomic E-state index is 0.111. The standard InChI is InChI=1S/C18H18Cl2N2O2/c1-12(2)14-4-6-15(7-5-14)24-11-18(23)22-21-10-13-3-8-16(19)17(20)9-13/h3-10,12H,11H2,1-2H3,(H,22,23). The lowest BCUT2D eigenvalue weighted by molar-refractivity contribution is -0.123. The molecule has 0 bridgehead atoms. The number of hydrogen-bond acceptors (Lipinski definition) is 3. The molecule has 4 nitrogen and oxygen atoms in total. The quantitative estimate of drug-likeness (QED) is 0.599. The number of nitrogens with one attached hydrogen (secondary N) is 1. The summed E-state index contributed by atoms with van der Waals surface area (Å²) in [6.07, 6.45) is 1.48. The molecule has 1 N–H and O–H groups in total. The Labute approximate surface area is 151 Å². The number of carbonyl (C=O) groups excluding carboxylic acids is 1. The van der Waals surface area contributed by atoms with Crippen molar-refractivity contribution in [1.29, 1.82) is 0 Å². The molecule has 0 aliphatic heterocycles. The highest BCUT2D eigenvalue weighted by Crippen LogP contribution is 2.21. The fourth-order valence-electron chi connectivity index (χ4n) is 1.90. The van der Waals surface area contributed by atoms with Gasteiger partial charge in [0.25, 0.3) is 5.91 Å². The summed E-state index contributed by atoms with van der Waals surface area (Å²) in [5.41, 5.74) is 4.35. The molecule has 1 amide bonds. The number of carbonyl (C=O) groups is 1. The fraction of sp³-hybridized carbons (Fsp3) is 0.222. The Morgan fingerprint density at radius 2 is 1.88 bits per heavy atom. The van der Waals surface area contributed by atoms with Gasteiger partial charge >= 0.3 is 0 Å². The van der Waals surface area contributed by atoms with Gasteiger partial charge < -0.3 is 4.74 Å². The van der Waals surface area contributed by atoms with Gasteiger partial charge in [-0.05, 0) is 41.3 Å². The van der Waals surface area contributed by atoms with Crippen LogP contribution in [-0.2, 0) is 4.79 Å². The van der Waals surface area contributed by atoms with Crippen LogP contribution >= 0.6 is 23.2 Å². The lowest BCUT2D eigenvalue weighted by Crippen LogP contribution is -2.24. The van der Waals surface area contributed by atoms with Crippen molar-refractivity contribution < 1.29 is 9.53 Å². The van der Waals surface area contributed by atoms with Crippen LogP contribution in [0.3, 0.4) is 0 Å². The van der Waals surface area contributed by atoms with Crippen molar-refractivity contribution in [2.24, 2.45) is 5.10 Å². The maximum atomic E-state index is 11.7. The molecule has 6 heteroatoms. The van der Waals surface area contributed by atoms with E-state index in [0.29, 0.717) is 21.7 Å². The van der Waals surface area contributed by atoms with Crippen LogP contribution in [0.15, 0.2) is 47.6 Å². The molecule has 0 aliphatic carbocycles. The molecule has 0 aliphatic rings. The van der Waals surface area contributed by atoms with Crippen molar-refractivity contribution in [3.05, 3.63) is 63.6 Å². The second kappa shape index (κ2) is 8.71. The van der Waals surface area contributed by atoms with E-state index >= 15 is 0 Å². The summed E-state index contributed by atoms with van der Waals surface area (Å²) in [5, 5.41) is 4.75. The second-order valence-corrected chi connectivity index (χ2v) is 6.29. The first-order valence-corrected chi connectivity index (χ1v) is 8.21. The van der Waals surface area contributed by atoms with Gasteiger partial charge in [0.1, 0.15) is 5.75 Å². The van der Waals surface area contributed by atoms with Gasteiger partial charge in [-0.3, -0.25) is 4.79 Å². The molecule has 2 rings (SSSR count). The van der Waals surface area contributed by atoms with E-state index < -0.39 is 0 Å². The fourth-order valence-corrected chi connectivity index (χ4v) is 2.21. The Morgan fingerprint density at radius 1 is 1.17 bits per heavy atom. The number of hydrazone groups is 1. The molecule has 0 radical (unpaired) electrons. The van der Waals surface area contributed by atoms with Gasteiger partial charge in [-0.25, -0.2) is 5.43 Å². The van der Waals surface area contributed by atoms with Crippen molar-refractivity contribution in [1.82, 2.24) is 5.43 Å². The molecule has 0 fully saturated rings. The van der Waals surface area contributed by atoms with Crippen LogP contribution in [-0.4, -0.2) is 18.7 Å². The molecule has 0 saturated heterocycles. The maximum absolute atomic E-state index is 11.7. The average molecular weight is 365 g/mol. The smallest absolute Gasteiger partial charge is 0.277 e. The molecule has 0 saturated carbocycles. The van der Waals surface area contributed by atoms with Gasteiger partial charge in [0, 0.05) is 0 Å². The first-order chi connectivity index (χ1) is 11.5. The minimum Gasteiger partial charge on any atom is -0.484 e. The zero-order valence-electron chi connectivity index (χ0n) is 13.4. The van der Waals surface area contributed by atoms with Gasteiger partial charge in [-0.2, -0.15) is 5.10 Å². The van der Waals surface area contributed by atoms with Gasteiger partial charge in [0.2, 0.25) is 0 Å². The highest BCUT2D eigenvalue weighted by Gasteiger charge is 2.03. The van der Waals surface area contributed by atoms with Gasteiger partial charge in [0.15, 0.2) is 6.61 Å². The summed E-state index contributed by atoms with van der Waals surface area (Å²) in [7, 11) is 0. The third kappa shape index (κ3) is 5.55. The summed E-state index contributed by atoms with van der Waals surface area (Å²) in [5.74, 6) is 0.750. The molecule has 126 valence electrons. The average Bonchev–Trinajstić information content (AvgIpc) is 2.56. The van der Waals surface area contributed by atoms with Crippen molar-refractivity contribution in [2.45, 2.75) is 19.8 Å². The van der Waals surface area contributed by atoms with Gasteiger partial charge in [0.05, 0.1) is 16.3 Å². The van der Waals surface area contributed by atoms with Crippen molar-refractivity contribution in [2.75, 3.05) is 6.61 Å². The molecule has 0 aromatic heterocycles. The number of halogens is 2. The molecule has 0 unspecified atom stereocenters. The van der Waals surface area contributed by atoms with Crippen molar-refractivity contribution in [3.63, 3.8) is 0 Å². The highest BCUT2D eigenvalue weighted by molar-refractivity contribution is 6.42. The lowest BCUT2D eigenvalue weighted by Gasteiger charge is -2.08. The van der Waals surface area contributed by atoms with E-state index in [4.69, 9.17) is 27.9 Å². The summed E-state index contributed by atoms with van der Waals surface area (Å²) in [6, 6.07) is 12.7. The Morgan fingerprint density at radius 3 is 2.50 bits per heavy atom. The highest BCUT2D eigenvalue weighted by atomic mass is 35.5. The van der Waals surface area contributed by atoms with Crippen molar-refractivity contribution >= 4 is 35.3 Å². The van der Waals surface area contributed by atoms with Crippen LogP contribution in [0.4, 0.5) is 0 Å². The first kappa shape index (κ1) is 18.3. The lowest BCUT2D eigenvalue weighted by atomic mass is 10.0. The van der Waals surface area contributed by atoms with Gasteiger partial charge in [-0.1, -0.05) is 55.2 Å². The van der Waals surface area contributed by atoms with E-state index in [1.807, 2.05) is 24.3 Å². The molecule has 2 aromatic rings. The maximum Gasteiger partial charge on any atom is 0.277 e. The van der Waals surface area contributed by atoms with Crippen LogP contribution < -0.4 is 10.2 Å². The third-order valence-electron chi connectivity index (χ3n) is 3.26. The van der Waals surface area contributed by atoms with Crippen LogP contribution in [0, 0.1) is 0 Å². The van der Waals surface area contributed by atoms with E-state index in [9.17, 15) is 4.79 Å². The molecular weight excluding hydrogens is 347 g/mol. The van der Waals surface area contributed by atoms with E-state index in [1.54, 1.807) is 18.2 Å². The molecular formula is C18H18Cl2N2O2. The number of amides is 1. The van der Waals surface area contributed by atoms with E-state index in [1.165, 1.54) is 11.8 Å². The number of hydrogen-bond donors (Lipinski definition) is 1. The first-order valence-electron chi connectivity index (χ1n) is 7.45. The topological polar surface area (TPSA) is 50.7 Å². The summed E-state index contributed by atoms with van der Waals surface area (Å²) < 4.78 is 5.42. The molecule has 2 aromatic carbocycles. The van der Waals surface area contributed by atoms with Crippen LogP contribution in [0.5, 0.6) is 5.75 Å². The van der Waals surface area contributed by atoms with Gasteiger partial charge in [-0.15, -0.1) is 0 Å².